The molecule has 0 fully saturated rings. The third-order valence-electron chi connectivity index (χ3n) is 6.72. The quantitative estimate of drug-likeness (QED) is 0.364. The summed E-state index contributed by atoms with van der Waals surface area (Å²) in [6.45, 7) is 10.5. The third-order valence-corrected chi connectivity index (χ3v) is 8.25. The van der Waals surface area contributed by atoms with Crippen LogP contribution in [-0.2, 0) is 4.79 Å². The van der Waals surface area contributed by atoms with Crippen LogP contribution in [0.1, 0.15) is 96.7 Å². The summed E-state index contributed by atoms with van der Waals surface area (Å²) in [6, 6.07) is 5.50. The first-order valence-corrected chi connectivity index (χ1v) is 13.1. The number of hydrogen-bond donors (Lipinski definition) is 1. The SMILES string of the molecule is CCCCC(CC)c1cc(C2=N[C@@H](CC(=O)O)c3nnc(C)n3-c3sc(C)c(C)c32)ccc1Cl. The van der Waals surface area contributed by atoms with Crippen molar-refractivity contribution in [2.75, 3.05) is 0 Å². The van der Waals surface area contributed by atoms with Gasteiger partial charge in [0.2, 0.25) is 0 Å². The minimum absolute atomic E-state index is 0.150. The number of thiophene rings is 1. The fourth-order valence-corrected chi connectivity index (χ4v) is 6.21. The van der Waals surface area contributed by atoms with Crippen molar-refractivity contribution >= 4 is 34.6 Å². The Kier molecular flexibility index (Phi) is 7.24. The molecule has 1 aliphatic heterocycles. The van der Waals surface area contributed by atoms with Crippen molar-refractivity contribution in [2.24, 2.45) is 4.99 Å². The standard InChI is InChI=1S/C26H31ClN4O2S/c1-6-8-9-17(7-2)19-12-18(10-11-20(19)27)24-23-14(3)15(4)34-26(23)31-16(5)29-30-25(31)21(28-24)13-22(32)33/h10-12,17,21H,6-9,13H2,1-5H3,(H,32,33)/t17?,21-/m0/s1. The molecule has 180 valence electrons. The molecule has 1 aromatic carbocycles. The van der Waals surface area contributed by atoms with Gasteiger partial charge >= 0.3 is 5.97 Å². The molecular formula is C26H31ClN4O2S. The molecule has 1 unspecified atom stereocenters. The van der Waals surface area contributed by atoms with Gasteiger partial charge in [0.1, 0.15) is 16.9 Å². The first-order valence-electron chi connectivity index (χ1n) is 11.9. The number of aliphatic carboxylic acids is 1. The molecule has 0 aliphatic carbocycles. The fraction of sp³-hybridized carbons (Fsp3) is 0.462. The fourth-order valence-electron chi connectivity index (χ4n) is 4.72. The van der Waals surface area contributed by atoms with Gasteiger partial charge in [0.05, 0.1) is 12.1 Å². The van der Waals surface area contributed by atoms with Gasteiger partial charge in [-0.2, -0.15) is 0 Å². The summed E-state index contributed by atoms with van der Waals surface area (Å²) in [5, 5.41) is 20.0. The van der Waals surface area contributed by atoms with E-state index < -0.39 is 12.0 Å². The molecule has 6 nitrogen and oxygen atoms in total. The number of carboxylic acid groups (broad SMARTS) is 1. The topological polar surface area (TPSA) is 80.4 Å². The van der Waals surface area contributed by atoms with Crippen LogP contribution in [0.25, 0.3) is 5.00 Å². The third kappa shape index (κ3) is 4.43. The largest absolute Gasteiger partial charge is 0.481 e. The number of halogens is 1. The van der Waals surface area contributed by atoms with Gasteiger partial charge in [0.15, 0.2) is 5.82 Å². The molecule has 0 saturated carbocycles. The van der Waals surface area contributed by atoms with Crippen molar-refractivity contribution in [3.05, 3.63) is 62.0 Å². The van der Waals surface area contributed by atoms with Crippen LogP contribution < -0.4 is 0 Å². The number of aliphatic imine (C=N–C) groups is 1. The normalized spacial score (nSPS) is 15.9. The summed E-state index contributed by atoms with van der Waals surface area (Å²) in [4.78, 5) is 18.0. The number of aromatic nitrogens is 3. The number of benzene rings is 1. The van der Waals surface area contributed by atoms with E-state index in [1.807, 2.05) is 23.6 Å². The van der Waals surface area contributed by atoms with Crippen LogP contribution in [0.3, 0.4) is 0 Å². The van der Waals surface area contributed by atoms with E-state index in [0.29, 0.717) is 11.7 Å². The first kappa shape index (κ1) is 24.6. The molecule has 1 N–H and O–H groups in total. The lowest BCUT2D eigenvalue weighted by molar-refractivity contribution is -0.137. The summed E-state index contributed by atoms with van der Waals surface area (Å²) in [5.74, 6) is 0.758. The predicted octanol–water partition coefficient (Wildman–Crippen LogP) is 6.96. The van der Waals surface area contributed by atoms with Crippen LogP contribution in [0, 0.1) is 20.8 Å². The van der Waals surface area contributed by atoms with E-state index in [4.69, 9.17) is 16.6 Å². The zero-order valence-electron chi connectivity index (χ0n) is 20.4. The average Bonchev–Trinajstić information content (AvgIpc) is 3.27. The van der Waals surface area contributed by atoms with Crippen molar-refractivity contribution in [1.29, 1.82) is 0 Å². The van der Waals surface area contributed by atoms with Crippen molar-refractivity contribution in [3.8, 4) is 5.00 Å². The molecule has 2 atom stereocenters. The Bertz CT molecular complexity index is 1260. The van der Waals surface area contributed by atoms with Crippen molar-refractivity contribution in [1.82, 2.24) is 14.8 Å². The maximum absolute atomic E-state index is 11.8. The molecule has 4 rings (SSSR count). The summed E-state index contributed by atoms with van der Waals surface area (Å²) < 4.78 is 1.98. The molecule has 34 heavy (non-hydrogen) atoms. The lowest BCUT2D eigenvalue weighted by atomic mass is 9.88. The Morgan fingerprint density at radius 3 is 2.68 bits per heavy atom. The van der Waals surface area contributed by atoms with E-state index in [2.05, 4.69) is 44.0 Å². The van der Waals surface area contributed by atoms with Crippen molar-refractivity contribution < 1.29 is 9.90 Å². The lowest BCUT2D eigenvalue weighted by Gasteiger charge is -2.19. The van der Waals surface area contributed by atoms with Crippen LogP contribution in [0.5, 0.6) is 0 Å². The number of hydrogen-bond acceptors (Lipinski definition) is 5. The highest BCUT2D eigenvalue weighted by Crippen LogP contribution is 2.40. The second-order valence-corrected chi connectivity index (χ2v) is 10.6. The highest BCUT2D eigenvalue weighted by molar-refractivity contribution is 7.15. The number of carbonyl (C=O) groups is 1. The first-order chi connectivity index (χ1) is 16.3. The molecule has 0 amide bonds. The predicted molar refractivity (Wildman–Crippen MR) is 138 cm³/mol. The number of carboxylic acids is 1. The molecule has 3 aromatic rings. The van der Waals surface area contributed by atoms with E-state index in [0.717, 1.165) is 69.5 Å². The van der Waals surface area contributed by atoms with Gasteiger partial charge < -0.3 is 5.11 Å². The Morgan fingerprint density at radius 2 is 2.00 bits per heavy atom. The van der Waals surface area contributed by atoms with Crippen LogP contribution in [0.2, 0.25) is 5.02 Å². The van der Waals surface area contributed by atoms with Gasteiger partial charge in [-0.1, -0.05) is 44.4 Å². The second-order valence-electron chi connectivity index (χ2n) is 8.98. The average molecular weight is 499 g/mol. The molecule has 8 heteroatoms. The molecule has 0 bridgehead atoms. The zero-order valence-corrected chi connectivity index (χ0v) is 21.9. The molecule has 3 heterocycles. The summed E-state index contributed by atoms with van der Waals surface area (Å²) >= 11 is 8.36. The Labute approximate surface area is 209 Å². The van der Waals surface area contributed by atoms with Crippen LogP contribution in [-0.4, -0.2) is 31.6 Å². The monoisotopic (exact) mass is 498 g/mol. The van der Waals surface area contributed by atoms with Gasteiger partial charge in [-0.15, -0.1) is 21.5 Å². The van der Waals surface area contributed by atoms with Crippen LogP contribution >= 0.6 is 22.9 Å². The van der Waals surface area contributed by atoms with E-state index >= 15 is 0 Å². The number of nitrogens with zero attached hydrogens (tertiary/aromatic N) is 4. The maximum atomic E-state index is 11.8. The van der Waals surface area contributed by atoms with E-state index in [9.17, 15) is 9.90 Å². The Balaban J connectivity index is 1.94. The lowest BCUT2D eigenvalue weighted by Crippen LogP contribution is -2.11. The van der Waals surface area contributed by atoms with Crippen LogP contribution in [0.4, 0.5) is 0 Å². The molecule has 0 saturated heterocycles. The maximum Gasteiger partial charge on any atom is 0.306 e. The highest BCUT2D eigenvalue weighted by atomic mass is 35.5. The Morgan fingerprint density at radius 1 is 1.24 bits per heavy atom. The smallest absolute Gasteiger partial charge is 0.306 e. The van der Waals surface area contributed by atoms with Gasteiger partial charge in [-0.25, -0.2) is 0 Å². The summed E-state index contributed by atoms with van der Waals surface area (Å²) in [6.07, 6.45) is 4.25. The number of fused-ring (bicyclic) bond motifs is 3. The zero-order chi connectivity index (χ0) is 24.6. The minimum atomic E-state index is -0.916. The minimum Gasteiger partial charge on any atom is -0.481 e. The summed E-state index contributed by atoms with van der Waals surface area (Å²) in [7, 11) is 0. The van der Waals surface area contributed by atoms with Gasteiger partial charge in [0.25, 0.3) is 0 Å². The number of aryl methyl sites for hydroxylation is 2. The number of rotatable bonds is 8. The van der Waals surface area contributed by atoms with Crippen LogP contribution in [0.15, 0.2) is 23.2 Å². The molecule has 0 radical (unpaired) electrons. The molecule has 1 aliphatic rings. The van der Waals surface area contributed by atoms with Crippen molar-refractivity contribution in [3.63, 3.8) is 0 Å². The van der Waals surface area contributed by atoms with E-state index in [-0.39, 0.29) is 6.42 Å². The van der Waals surface area contributed by atoms with Gasteiger partial charge in [-0.3, -0.25) is 14.4 Å². The molecule has 0 spiro atoms. The van der Waals surface area contributed by atoms with E-state index in [1.165, 1.54) is 4.88 Å². The summed E-state index contributed by atoms with van der Waals surface area (Å²) in [5.41, 5.74) is 5.07. The molecule has 2 aromatic heterocycles. The van der Waals surface area contributed by atoms with E-state index in [1.54, 1.807) is 11.3 Å². The number of unbranched alkanes of at least 4 members (excludes halogenated alkanes) is 1. The Hall–Kier alpha value is -2.51. The van der Waals surface area contributed by atoms with Gasteiger partial charge in [-0.05, 0) is 62.8 Å². The molecular weight excluding hydrogens is 468 g/mol. The van der Waals surface area contributed by atoms with Gasteiger partial charge in [0, 0.05) is 21.0 Å². The second kappa shape index (κ2) is 10.0. The highest BCUT2D eigenvalue weighted by Gasteiger charge is 2.32. The van der Waals surface area contributed by atoms with Crippen molar-refractivity contribution in [2.45, 2.75) is 78.7 Å².